The number of benzene rings is 1. The van der Waals surface area contributed by atoms with E-state index in [1.807, 2.05) is 0 Å². The van der Waals surface area contributed by atoms with Gasteiger partial charge >= 0.3 is 5.97 Å². The van der Waals surface area contributed by atoms with Crippen molar-refractivity contribution in [3.05, 3.63) is 39.4 Å². The molecule has 0 saturated heterocycles. The molecule has 9 heteroatoms. The van der Waals surface area contributed by atoms with Crippen molar-refractivity contribution in [3.8, 4) is 0 Å². The van der Waals surface area contributed by atoms with Gasteiger partial charge in [-0.25, -0.2) is 0 Å². The van der Waals surface area contributed by atoms with Gasteiger partial charge in [-0.05, 0) is 18.6 Å². The van der Waals surface area contributed by atoms with Crippen molar-refractivity contribution in [3.63, 3.8) is 0 Å². The van der Waals surface area contributed by atoms with Crippen LogP contribution >= 0.6 is 0 Å². The summed E-state index contributed by atoms with van der Waals surface area (Å²) in [5.74, 6) is -2.54. The molecule has 1 aromatic carbocycles. The van der Waals surface area contributed by atoms with E-state index in [1.54, 1.807) is 6.92 Å². The standard InChI is InChI=1S/C12H13N3O6/c1-7-2-8(4-9(3-7)15(20)21)12(19)14-5-10(16)13-6-11(17)18/h2-4H,5-6H2,1H3,(H,13,16)(H,14,19)(H,17,18). The van der Waals surface area contributed by atoms with Gasteiger partial charge in [-0.1, -0.05) is 0 Å². The Kier molecular flexibility index (Phi) is 5.35. The Morgan fingerprint density at radius 3 is 2.43 bits per heavy atom. The maximum atomic E-state index is 11.8. The molecule has 0 spiro atoms. The van der Waals surface area contributed by atoms with E-state index < -0.39 is 35.8 Å². The molecule has 2 amide bonds. The fraction of sp³-hybridized carbons (Fsp3) is 0.250. The van der Waals surface area contributed by atoms with Crippen molar-refractivity contribution in [1.29, 1.82) is 0 Å². The van der Waals surface area contributed by atoms with Crippen LogP contribution in [0, 0.1) is 17.0 Å². The van der Waals surface area contributed by atoms with Crippen LogP contribution in [-0.4, -0.2) is 40.9 Å². The lowest BCUT2D eigenvalue weighted by Crippen LogP contribution is -2.39. The third kappa shape index (κ3) is 5.27. The van der Waals surface area contributed by atoms with E-state index in [4.69, 9.17) is 5.11 Å². The largest absolute Gasteiger partial charge is 0.480 e. The van der Waals surface area contributed by atoms with Crippen molar-refractivity contribution in [2.75, 3.05) is 13.1 Å². The molecular formula is C12H13N3O6. The predicted molar refractivity (Wildman–Crippen MR) is 70.8 cm³/mol. The number of amides is 2. The summed E-state index contributed by atoms with van der Waals surface area (Å²) < 4.78 is 0. The Hall–Kier alpha value is -2.97. The predicted octanol–water partition coefficient (Wildman–Crippen LogP) is -0.166. The number of carbonyl (C=O) groups is 3. The first-order valence-electron chi connectivity index (χ1n) is 5.82. The van der Waals surface area contributed by atoms with Gasteiger partial charge in [-0.15, -0.1) is 0 Å². The molecule has 0 saturated carbocycles. The highest BCUT2D eigenvalue weighted by Crippen LogP contribution is 2.16. The first-order valence-corrected chi connectivity index (χ1v) is 5.82. The number of nitrogens with one attached hydrogen (secondary N) is 2. The molecule has 0 aliphatic carbocycles. The van der Waals surface area contributed by atoms with E-state index >= 15 is 0 Å². The van der Waals surface area contributed by atoms with Gasteiger partial charge in [0.1, 0.15) is 6.54 Å². The SMILES string of the molecule is Cc1cc(C(=O)NCC(=O)NCC(=O)O)cc([N+](=O)[O-])c1. The lowest BCUT2D eigenvalue weighted by Gasteiger charge is -2.06. The Labute approximate surface area is 119 Å². The number of aliphatic carboxylic acids is 1. The number of carboxylic acid groups (broad SMARTS) is 1. The number of nitro groups is 1. The van der Waals surface area contributed by atoms with E-state index in [9.17, 15) is 24.5 Å². The smallest absolute Gasteiger partial charge is 0.322 e. The highest BCUT2D eigenvalue weighted by Gasteiger charge is 2.14. The van der Waals surface area contributed by atoms with Gasteiger partial charge in [0.25, 0.3) is 11.6 Å². The number of non-ortho nitro benzene ring substituents is 1. The number of carbonyl (C=O) groups excluding carboxylic acids is 2. The van der Waals surface area contributed by atoms with Crippen LogP contribution < -0.4 is 10.6 Å². The van der Waals surface area contributed by atoms with Crippen LogP contribution in [0.4, 0.5) is 5.69 Å². The number of nitro benzene ring substituents is 1. The maximum absolute atomic E-state index is 11.8. The second-order valence-corrected chi connectivity index (χ2v) is 4.17. The number of carboxylic acids is 1. The number of hydrogen-bond acceptors (Lipinski definition) is 5. The summed E-state index contributed by atoms with van der Waals surface area (Å²) >= 11 is 0. The van der Waals surface area contributed by atoms with Crippen molar-refractivity contribution in [2.24, 2.45) is 0 Å². The second-order valence-electron chi connectivity index (χ2n) is 4.17. The summed E-state index contributed by atoms with van der Waals surface area (Å²) in [5, 5.41) is 23.4. The van der Waals surface area contributed by atoms with Crippen LogP contribution in [0.3, 0.4) is 0 Å². The molecular weight excluding hydrogens is 282 g/mol. The summed E-state index contributed by atoms with van der Waals surface area (Å²) in [4.78, 5) is 43.3. The minimum absolute atomic E-state index is 0.0488. The molecule has 0 aliphatic heterocycles. The average Bonchev–Trinajstić information content (AvgIpc) is 2.41. The molecule has 1 rings (SSSR count). The average molecular weight is 295 g/mol. The molecule has 0 atom stereocenters. The molecule has 21 heavy (non-hydrogen) atoms. The van der Waals surface area contributed by atoms with Crippen molar-refractivity contribution in [2.45, 2.75) is 6.92 Å². The highest BCUT2D eigenvalue weighted by atomic mass is 16.6. The summed E-state index contributed by atoms with van der Waals surface area (Å²) in [5.41, 5.74) is 0.355. The zero-order valence-electron chi connectivity index (χ0n) is 11.1. The summed E-state index contributed by atoms with van der Waals surface area (Å²) in [6.45, 7) is 0.627. The molecule has 1 aromatic rings. The first kappa shape index (κ1) is 16.1. The first-order chi connectivity index (χ1) is 9.79. The van der Waals surface area contributed by atoms with Gasteiger partial charge in [0, 0.05) is 17.7 Å². The van der Waals surface area contributed by atoms with Crippen LogP contribution in [0.15, 0.2) is 18.2 Å². The van der Waals surface area contributed by atoms with Gasteiger partial charge in [0.15, 0.2) is 0 Å². The number of aryl methyl sites for hydroxylation is 1. The van der Waals surface area contributed by atoms with Crippen molar-refractivity contribution >= 4 is 23.5 Å². The third-order valence-electron chi connectivity index (χ3n) is 2.38. The lowest BCUT2D eigenvalue weighted by molar-refractivity contribution is -0.384. The molecule has 0 radical (unpaired) electrons. The molecule has 112 valence electrons. The summed E-state index contributed by atoms with van der Waals surface area (Å²) in [6.07, 6.45) is 0. The fourth-order valence-electron chi connectivity index (χ4n) is 1.50. The van der Waals surface area contributed by atoms with Gasteiger partial charge in [-0.2, -0.15) is 0 Å². The van der Waals surface area contributed by atoms with E-state index in [0.29, 0.717) is 5.56 Å². The molecule has 3 N–H and O–H groups in total. The molecule has 0 aromatic heterocycles. The highest BCUT2D eigenvalue weighted by molar-refractivity contribution is 5.97. The quantitative estimate of drug-likeness (QED) is 0.492. The number of nitrogens with zero attached hydrogens (tertiary/aromatic N) is 1. The summed E-state index contributed by atoms with van der Waals surface area (Å²) in [7, 11) is 0. The van der Waals surface area contributed by atoms with E-state index in [1.165, 1.54) is 12.1 Å². The summed E-state index contributed by atoms with van der Waals surface area (Å²) in [6, 6.07) is 3.85. The monoisotopic (exact) mass is 295 g/mol. The Balaban J connectivity index is 2.66. The second kappa shape index (κ2) is 6.98. The Morgan fingerprint density at radius 1 is 1.19 bits per heavy atom. The van der Waals surface area contributed by atoms with E-state index in [2.05, 4.69) is 10.6 Å². The zero-order chi connectivity index (χ0) is 16.0. The van der Waals surface area contributed by atoms with Crippen LogP contribution in [-0.2, 0) is 9.59 Å². The number of hydrogen-bond donors (Lipinski definition) is 3. The minimum atomic E-state index is -1.20. The van der Waals surface area contributed by atoms with Crippen LogP contribution in [0.1, 0.15) is 15.9 Å². The van der Waals surface area contributed by atoms with Crippen LogP contribution in [0.5, 0.6) is 0 Å². The van der Waals surface area contributed by atoms with Crippen molar-refractivity contribution < 1.29 is 24.4 Å². The zero-order valence-corrected chi connectivity index (χ0v) is 11.1. The normalized spacial score (nSPS) is 9.76. The van der Waals surface area contributed by atoms with Gasteiger partial charge < -0.3 is 15.7 Å². The van der Waals surface area contributed by atoms with Crippen molar-refractivity contribution in [1.82, 2.24) is 10.6 Å². The van der Waals surface area contributed by atoms with Gasteiger partial charge in [0.05, 0.1) is 11.5 Å². The van der Waals surface area contributed by atoms with Crippen LogP contribution in [0.2, 0.25) is 0 Å². The van der Waals surface area contributed by atoms with Gasteiger partial charge in [-0.3, -0.25) is 24.5 Å². The van der Waals surface area contributed by atoms with E-state index in [-0.39, 0.29) is 11.3 Å². The molecule has 0 bridgehead atoms. The maximum Gasteiger partial charge on any atom is 0.322 e. The van der Waals surface area contributed by atoms with E-state index in [0.717, 1.165) is 6.07 Å². The minimum Gasteiger partial charge on any atom is -0.480 e. The molecule has 0 unspecified atom stereocenters. The molecule has 0 heterocycles. The number of rotatable bonds is 6. The van der Waals surface area contributed by atoms with Crippen LogP contribution in [0.25, 0.3) is 0 Å². The topological polar surface area (TPSA) is 139 Å². The Bertz CT molecular complexity index is 599. The molecule has 0 aliphatic rings. The molecule has 0 fully saturated rings. The Morgan fingerprint density at radius 2 is 1.86 bits per heavy atom. The molecule has 9 nitrogen and oxygen atoms in total. The van der Waals surface area contributed by atoms with Gasteiger partial charge in [0.2, 0.25) is 5.91 Å². The lowest BCUT2D eigenvalue weighted by atomic mass is 10.1. The fourth-order valence-corrected chi connectivity index (χ4v) is 1.50. The third-order valence-corrected chi connectivity index (χ3v) is 2.38.